The van der Waals surface area contributed by atoms with E-state index in [9.17, 15) is 21.9 Å². The highest BCUT2D eigenvalue weighted by Crippen LogP contribution is 2.32. The van der Waals surface area contributed by atoms with Crippen LogP contribution in [-0.4, -0.2) is 49.6 Å². The molecule has 1 aliphatic heterocycles. The number of alkyl halides is 3. The van der Waals surface area contributed by atoms with Gasteiger partial charge in [0, 0.05) is 31.4 Å². The molecule has 0 bridgehead atoms. The maximum absolute atomic E-state index is 12.9. The van der Waals surface area contributed by atoms with E-state index in [1.165, 1.54) is 10.4 Å². The van der Waals surface area contributed by atoms with E-state index in [4.69, 9.17) is 0 Å². The van der Waals surface area contributed by atoms with Gasteiger partial charge in [0.1, 0.15) is 5.82 Å². The van der Waals surface area contributed by atoms with E-state index in [1.807, 2.05) is 4.90 Å². The van der Waals surface area contributed by atoms with E-state index in [0.717, 1.165) is 18.0 Å². The zero-order valence-electron chi connectivity index (χ0n) is 14.5. The average molecular weight is 411 g/mol. The first-order valence-electron chi connectivity index (χ1n) is 8.48. The molecule has 2 aromatic heterocycles. The van der Waals surface area contributed by atoms with Gasteiger partial charge in [-0.05, 0) is 18.2 Å². The Bertz CT molecular complexity index is 1050. The Morgan fingerprint density at radius 3 is 2.50 bits per heavy atom. The Kier molecular flexibility index (Phi) is 4.60. The van der Waals surface area contributed by atoms with E-state index in [0.29, 0.717) is 24.8 Å². The summed E-state index contributed by atoms with van der Waals surface area (Å²) in [6.45, 7) is 1.08. The van der Waals surface area contributed by atoms with Crippen LogP contribution >= 0.6 is 0 Å². The van der Waals surface area contributed by atoms with Gasteiger partial charge < -0.3 is 9.45 Å². The van der Waals surface area contributed by atoms with Gasteiger partial charge in [-0.15, -0.1) is 4.31 Å². The quantitative estimate of drug-likeness (QED) is 0.619. The molecule has 4 rings (SSSR count). The van der Waals surface area contributed by atoms with Crippen LogP contribution in [0.4, 0.5) is 19.0 Å². The first kappa shape index (κ1) is 18.8. The summed E-state index contributed by atoms with van der Waals surface area (Å²) in [6.07, 6.45) is -1.32. The Morgan fingerprint density at radius 1 is 1.04 bits per heavy atom. The SMILES string of the molecule is O=[S+]([O-])(c1cccc(C(F)(F)F)c1)N1CCN(c2ccnc3ccnn23)CC1. The fourth-order valence-electron chi connectivity index (χ4n) is 3.20. The normalized spacial score (nSPS) is 18.4. The monoisotopic (exact) mass is 411 g/mol. The molecule has 1 atom stereocenters. The molecule has 148 valence electrons. The van der Waals surface area contributed by atoms with Crippen LogP contribution in [0.25, 0.3) is 5.65 Å². The zero-order valence-corrected chi connectivity index (χ0v) is 15.4. The highest BCUT2D eigenvalue weighted by molar-refractivity contribution is 7.95. The largest absolute Gasteiger partial charge is 0.593 e. The summed E-state index contributed by atoms with van der Waals surface area (Å²) < 4.78 is 67.2. The molecule has 0 aliphatic carbocycles. The molecule has 1 aromatic carbocycles. The Morgan fingerprint density at radius 2 is 1.79 bits per heavy atom. The summed E-state index contributed by atoms with van der Waals surface area (Å²) in [6, 6.07) is 7.38. The number of aromatic nitrogens is 3. The molecule has 0 radical (unpaired) electrons. The summed E-state index contributed by atoms with van der Waals surface area (Å²) >= 11 is 0. The van der Waals surface area contributed by atoms with Crippen molar-refractivity contribution < 1.29 is 21.9 Å². The molecular weight excluding hydrogens is 395 g/mol. The van der Waals surface area contributed by atoms with Crippen molar-refractivity contribution in [3.63, 3.8) is 0 Å². The molecule has 7 nitrogen and oxygen atoms in total. The van der Waals surface area contributed by atoms with Gasteiger partial charge in [0.25, 0.3) is 0 Å². The Balaban J connectivity index is 1.53. The van der Waals surface area contributed by atoms with Crippen molar-refractivity contribution in [2.75, 3.05) is 31.1 Å². The van der Waals surface area contributed by atoms with Crippen LogP contribution in [0.5, 0.6) is 0 Å². The lowest BCUT2D eigenvalue weighted by atomic mass is 10.2. The minimum Gasteiger partial charge on any atom is -0.593 e. The van der Waals surface area contributed by atoms with E-state index < -0.39 is 22.1 Å². The number of anilines is 1. The van der Waals surface area contributed by atoms with Crippen LogP contribution in [0.1, 0.15) is 5.56 Å². The van der Waals surface area contributed by atoms with Gasteiger partial charge in [-0.1, -0.05) is 10.3 Å². The Hall–Kier alpha value is -2.50. The minimum absolute atomic E-state index is 0.156. The predicted molar refractivity (Wildman–Crippen MR) is 95.3 cm³/mol. The summed E-state index contributed by atoms with van der Waals surface area (Å²) in [5.41, 5.74) is -0.304. The first-order valence-corrected chi connectivity index (χ1v) is 9.92. The Labute approximate surface area is 159 Å². The van der Waals surface area contributed by atoms with Crippen molar-refractivity contribution in [1.29, 1.82) is 0 Å². The number of hydrogen-bond acceptors (Lipinski definition) is 5. The second-order valence-electron chi connectivity index (χ2n) is 6.32. The minimum atomic E-state index is -4.60. The molecule has 1 aliphatic rings. The van der Waals surface area contributed by atoms with Crippen LogP contribution in [-0.2, 0) is 20.8 Å². The number of benzene rings is 1. The van der Waals surface area contributed by atoms with Crippen molar-refractivity contribution in [3.05, 3.63) is 54.4 Å². The van der Waals surface area contributed by atoms with Gasteiger partial charge in [-0.25, -0.2) is 4.98 Å². The summed E-state index contributed by atoms with van der Waals surface area (Å²) in [7, 11) is -4.01. The van der Waals surface area contributed by atoms with E-state index in [1.54, 1.807) is 29.0 Å². The molecular formula is C17H16F3N5O2S. The molecule has 0 N–H and O–H groups in total. The highest BCUT2D eigenvalue weighted by Gasteiger charge is 2.37. The van der Waals surface area contributed by atoms with Gasteiger partial charge in [0.05, 0.1) is 24.8 Å². The smallest absolute Gasteiger partial charge is 0.416 e. The number of rotatable bonds is 3. The van der Waals surface area contributed by atoms with Crippen LogP contribution in [0.15, 0.2) is 53.7 Å². The zero-order chi connectivity index (χ0) is 19.9. The van der Waals surface area contributed by atoms with Crippen molar-refractivity contribution in [2.24, 2.45) is 0 Å². The molecule has 0 spiro atoms. The van der Waals surface area contributed by atoms with Crippen molar-refractivity contribution in [1.82, 2.24) is 18.9 Å². The topological polar surface area (TPSA) is 76.8 Å². The summed E-state index contributed by atoms with van der Waals surface area (Å²) in [5, 5.41) is 4.22. The highest BCUT2D eigenvalue weighted by atomic mass is 32.3. The second-order valence-corrected chi connectivity index (χ2v) is 8.26. The first-order chi connectivity index (χ1) is 13.3. The molecule has 11 heteroatoms. The van der Waals surface area contributed by atoms with Gasteiger partial charge in [0.15, 0.2) is 20.9 Å². The maximum Gasteiger partial charge on any atom is 0.416 e. The van der Waals surface area contributed by atoms with E-state index in [2.05, 4.69) is 10.1 Å². The fraction of sp³-hybridized carbons (Fsp3) is 0.294. The van der Waals surface area contributed by atoms with Crippen LogP contribution in [0.2, 0.25) is 0 Å². The van der Waals surface area contributed by atoms with Crippen molar-refractivity contribution >= 4 is 21.9 Å². The van der Waals surface area contributed by atoms with Gasteiger partial charge >= 0.3 is 6.18 Å². The lowest BCUT2D eigenvalue weighted by Crippen LogP contribution is -2.51. The number of halogens is 3. The fourth-order valence-corrected chi connectivity index (χ4v) is 4.67. The van der Waals surface area contributed by atoms with Crippen LogP contribution < -0.4 is 4.90 Å². The second kappa shape index (κ2) is 6.83. The van der Waals surface area contributed by atoms with Crippen LogP contribution in [0.3, 0.4) is 0 Å². The molecule has 1 saturated heterocycles. The van der Waals surface area contributed by atoms with Crippen LogP contribution in [0, 0.1) is 0 Å². The third kappa shape index (κ3) is 3.36. The molecule has 1 fully saturated rings. The van der Waals surface area contributed by atoms with Crippen molar-refractivity contribution in [3.8, 4) is 0 Å². The lowest BCUT2D eigenvalue weighted by Gasteiger charge is -2.36. The lowest BCUT2D eigenvalue weighted by molar-refractivity contribution is -0.137. The molecule has 0 saturated carbocycles. The number of piperazine rings is 1. The standard InChI is InChI=1S/C17H16F3N5O2S/c18-17(19,20)13-2-1-3-14(12-13)28(26,27)24-10-8-23(9-11-24)16-5-6-21-15-4-7-22-25(15)16/h1-7,12H,8-11H2. The third-order valence-electron chi connectivity index (χ3n) is 4.63. The van der Waals surface area contributed by atoms with E-state index in [-0.39, 0.29) is 18.0 Å². The molecule has 3 aromatic rings. The maximum atomic E-state index is 12.9. The summed E-state index contributed by atoms with van der Waals surface area (Å²) in [5.74, 6) is 0.783. The number of nitrogens with zero attached hydrogens (tertiary/aromatic N) is 5. The predicted octanol–water partition coefficient (Wildman–Crippen LogP) is 2.47. The van der Waals surface area contributed by atoms with Gasteiger partial charge in [-0.2, -0.15) is 22.8 Å². The number of fused-ring (bicyclic) bond motifs is 1. The summed E-state index contributed by atoms with van der Waals surface area (Å²) in [4.78, 5) is 5.81. The van der Waals surface area contributed by atoms with E-state index >= 15 is 0 Å². The molecule has 3 heterocycles. The van der Waals surface area contributed by atoms with Gasteiger partial charge in [0.2, 0.25) is 0 Å². The van der Waals surface area contributed by atoms with Gasteiger partial charge in [-0.3, -0.25) is 0 Å². The molecule has 1 unspecified atom stereocenters. The van der Waals surface area contributed by atoms with Crippen molar-refractivity contribution in [2.45, 2.75) is 11.1 Å². The number of sulfonamides is 1. The average Bonchev–Trinajstić information content (AvgIpc) is 3.16. The molecule has 28 heavy (non-hydrogen) atoms. The third-order valence-corrected chi connectivity index (χ3v) is 6.53. The number of hydrogen-bond donors (Lipinski definition) is 0. The molecule has 0 amide bonds.